The second kappa shape index (κ2) is 5.23. The summed E-state index contributed by atoms with van der Waals surface area (Å²) in [6, 6.07) is 2.47. The van der Waals surface area contributed by atoms with E-state index >= 15 is 0 Å². The Bertz CT molecular complexity index is 568. The van der Waals surface area contributed by atoms with Gasteiger partial charge in [0.05, 0.1) is 10.3 Å². The molecule has 4 bridgehead atoms. The van der Waals surface area contributed by atoms with E-state index in [1.807, 2.05) is 11.3 Å². The summed E-state index contributed by atoms with van der Waals surface area (Å²) in [5.41, 5.74) is 1.98. The monoisotopic (exact) mass is 335 g/mol. The molecule has 0 aromatic carbocycles. The molecule has 0 radical (unpaired) electrons. The van der Waals surface area contributed by atoms with Gasteiger partial charge in [-0.25, -0.2) is 0 Å². The van der Waals surface area contributed by atoms with E-state index in [-0.39, 0.29) is 0 Å². The predicted molar refractivity (Wildman–Crippen MR) is 92.8 cm³/mol. The summed E-state index contributed by atoms with van der Waals surface area (Å²) >= 11 is 4.08. The number of thioether (sulfide) groups is 1. The molecular weight excluding hydrogens is 310 g/mol. The van der Waals surface area contributed by atoms with Gasteiger partial charge in [0.15, 0.2) is 0 Å². The van der Waals surface area contributed by atoms with Gasteiger partial charge in [-0.15, -0.1) is 23.1 Å². The first-order chi connectivity index (χ1) is 10.7. The summed E-state index contributed by atoms with van der Waals surface area (Å²) < 4.78 is 7.71. The molecule has 2 saturated heterocycles. The molecule has 2 saturated carbocycles. The Kier molecular flexibility index (Phi) is 3.41. The van der Waals surface area contributed by atoms with E-state index in [1.165, 1.54) is 37.9 Å². The average molecular weight is 336 g/mol. The maximum atomic E-state index is 6.13. The average Bonchev–Trinajstić information content (AvgIpc) is 2.97. The number of thiophene rings is 1. The lowest BCUT2D eigenvalue weighted by atomic mass is 9.64. The van der Waals surface area contributed by atoms with Crippen molar-refractivity contribution in [3.63, 3.8) is 0 Å². The van der Waals surface area contributed by atoms with Gasteiger partial charge >= 0.3 is 0 Å². The third-order valence-corrected chi connectivity index (χ3v) is 8.93. The molecular formula is C18H25NOS2. The van der Waals surface area contributed by atoms with Crippen LogP contribution in [0.4, 0.5) is 0 Å². The first-order valence-electron chi connectivity index (χ1n) is 8.81. The fraction of sp³-hybridized carbons (Fsp3) is 0.778. The molecule has 4 heterocycles. The molecule has 5 unspecified atom stereocenters. The van der Waals surface area contributed by atoms with Crippen molar-refractivity contribution >= 4 is 23.1 Å². The van der Waals surface area contributed by atoms with Crippen LogP contribution in [0.15, 0.2) is 10.3 Å². The van der Waals surface area contributed by atoms with Gasteiger partial charge in [0.1, 0.15) is 0 Å². The Labute approximate surface area is 141 Å². The first-order valence-corrected chi connectivity index (χ1v) is 10.6. The van der Waals surface area contributed by atoms with Crippen molar-refractivity contribution in [1.82, 2.24) is 5.32 Å². The molecule has 22 heavy (non-hydrogen) atoms. The van der Waals surface area contributed by atoms with Crippen LogP contribution in [-0.2, 0) is 11.3 Å². The molecule has 2 nitrogen and oxygen atoms in total. The lowest BCUT2D eigenvalue weighted by Gasteiger charge is -2.48. The number of ether oxygens (including phenoxy) is 1. The fourth-order valence-electron chi connectivity index (χ4n) is 5.35. The van der Waals surface area contributed by atoms with E-state index in [9.17, 15) is 0 Å². The zero-order valence-corrected chi connectivity index (χ0v) is 14.9. The van der Waals surface area contributed by atoms with E-state index in [4.69, 9.17) is 4.74 Å². The van der Waals surface area contributed by atoms with Gasteiger partial charge in [-0.05, 0) is 61.5 Å². The van der Waals surface area contributed by atoms with Crippen LogP contribution >= 0.6 is 23.1 Å². The van der Waals surface area contributed by atoms with Crippen LogP contribution in [0.2, 0.25) is 0 Å². The molecule has 1 aromatic rings. The minimum atomic E-state index is 0.375. The summed E-state index contributed by atoms with van der Waals surface area (Å²) in [4.78, 5) is 1.54. The fourth-order valence-corrected chi connectivity index (χ4v) is 8.07. The van der Waals surface area contributed by atoms with Crippen LogP contribution in [0.25, 0.3) is 0 Å². The topological polar surface area (TPSA) is 21.3 Å². The predicted octanol–water partition coefficient (Wildman–Crippen LogP) is 4.39. The van der Waals surface area contributed by atoms with Crippen LogP contribution in [0.3, 0.4) is 0 Å². The third kappa shape index (κ3) is 2.38. The summed E-state index contributed by atoms with van der Waals surface area (Å²) in [7, 11) is 0. The Balaban J connectivity index is 1.32. The Morgan fingerprint density at radius 3 is 3.09 bits per heavy atom. The maximum absolute atomic E-state index is 6.13. The van der Waals surface area contributed by atoms with Gasteiger partial charge in [-0.1, -0.05) is 6.92 Å². The highest BCUT2D eigenvalue weighted by atomic mass is 32.2. The van der Waals surface area contributed by atoms with Crippen molar-refractivity contribution in [1.29, 1.82) is 0 Å². The number of fused-ring (bicyclic) bond motifs is 2. The second-order valence-electron chi connectivity index (χ2n) is 8.07. The molecule has 1 N–H and O–H groups in total. The van der Waals surface area contributed by atoms with E-state index in [0.29, 0.717) is 11.6 Å². The van der Waals surface area contributed by atoms with Crippen LogP contribution < -0.4 is 5.32 Å². The lowest BCUT2D eigenvalue weighted by Crippen LogP contribution is -2.54. The molecule has 3 aliphatic heterocycles. The first kappa shape index (κ1) is 14.3. The van der Waals surface area contributed by atoms with Crippen LogP contribution in [-0.4, -0.2) is 24.0 Å². The van der Waals surface area contributed by atoms with Gasteiger partial charge in [-0.3, -0.25) is 0 Å². The number of nitrogens with one attached hydrogen (secondary N) is 1. The van der Waals surface area contributed by atoms with Crippen molar-refractivity contribution in [2.45, 2.75) is 67.3 Å². The van der Waals surface area contributed by atoms with Gasteiger partial charge in [0, 0.05) is 29.3 Å². The minimum Gasteiger partial charge on any atom is -0.378 e. The third-order valence-electron chi connectivity index (χ3n) is 6.22. The molecule has 6 rings (SSSR count). The highest BCUT2D eigenvalue weighted by molar-refractivity contribution is 8.01. The highest BCUT2D eigenvalue weighted by Gasteiger charge is 2.48. The molecule has 2 aliphatic carbocycles. The molecule has 4 heteroatoms. The Morgan fingerprint density at radius 1 is 1.27 bits per heavy atom. The normalized spacial score (nSPS) is 42.6. The summed E-state index contributed by atoms with van der Waals surface area (Å²) in [5.74, 6) is 3.75. The van der Waals surface area contributed by atoms with Crippen molar-refractivity contribution in [2.24, 2.45) is 11.8 Å². The van der Waals surface area contributed by atoms with Gasteiger partial charge in [-0.2, -0.15) is 0 Å². The van der Waals surface area contributed by atoms with E-state index in [0.717, 1.165) is 30.9 Å². The quantitative estimate of drug-likeness (QED) is 0.885. The molecule has 0 spiro atoms. The van der Waals surface area contributed by atoms with Crippen molar-refractivity contribution in [3.05, 3.63) is 16.5 Å². The smallest absolute Gasteiger partial charge is 0.0637 e. The van der Waals surface area contributed by atoms with Crippen LogP contribution in [0.5, 0.6) is 0 Å². The van der Waals surface area contributed by atoms with Crippen molar-refractivity contribution < 1.29 is 4.74 Å². The molecule has 0 amide bonds. The summed E-state index contributed by atoms with van der Waals surface area (Å²) in [5, 5.41) is 4.01. The van der Waals surface area contributed by atoms with Gasteiger partial charge in [0.25, 0.3) is 0 Å². The second-order valence-corrected chi connectivity index (χ2v) is 10.5. The van der Waals surface area contributed by atoms with Gasteiger partial charge in [0.2, 0.25) is 0 Å². The van der Waals surface area contributed by atoms with Crippen LogP contribution in [0, 0.1) is 11.8 Å². The molecule has 120 valence electrons. The zero-order chi connectivity index (χ0) is 14.7. The zero-order valence-electron chi connectivity index (χ0n) is 13.3. The molecule has 4 fully saturated rings. The Morgan fingerprint density at radius 2 is 2.18 bits per heavy atom. The van der Waals surface area contributed by atoms with Crippen LogP contribution in [0.1, 0.15) is 55.4 Å². The SMILES string of the molecule is CC1CSc2sc(CNC34CC5COC(CC(C5)C3)C4)cc21. The van der Waals surface area contributed by atoms with Crippen molar-refractivity contribution in [3.8, 4) is 0 Å². The van der Waals surface area contributed by atoms with E-state index in [1.54, 1.807) is 14.6 Å². The molecule has 5 aliphatic rings. The number of rotatable bonds is 3. The highest BCUT2D eigenvalue weighted by Crippen LogP contribution is 2.49. The largest absolute Gasteiger partial charge is 0.378 e. The molecule has 1 aromatic heterocycles. The van der Waals surface area contributed by atoms with Gasteiger partial charge < -0.3 is 10.1 Å². The maximum Gasteiger partial charge on any atom is 0.0637 e. The number of hydrogen-bond acceptors (Lipinski definition) is 4. The van der Waals surface area contributed by atoms with E-state index in [2.05, 4.69) is 30.1 Å². The Hall–Kier alpha value is -0.0300. The van der Waals surface area contributed by atoms with E-state index < -0.39 is 0 Å². The van der Waals surface area contributed by atoms with Crippen molar-refractivity contribution in [2.75, 3.05) is 12.4 Å². The lowest BCUT2D eigenvalue weighted by molar-refractivity contribution is 0.0154. The summed E-state index contributed by atoms with van der Waals surface area (Å²) in [6.07, 6.45) is 7.25. The molecule has 5 atom stereocenters. The number of hydrogen-bond donors (Lipinski definition) is 1. The minimum absolute atomic E-state index is 0.375. The summed E-state index contributed by atoms with van der Waals surface area (Å²) in [6.45, 7) is 4.45. The standard InChI is InChI=1S/C18H25NOS2/c1-11-10-21-17-16(11)4-15(22-17)8-19-18-5-12-2-13(6-18)9-20-14(3-12)7-18/h4,11-14,19H,2-3,5-10H2,1H3.